The first-order chi connectivity index (χ1) is 5.79. The van der Waals surface area contributed by atoms with Gasteiger partial charge < -0.3 is 10.1 Å². The quantitative estimate of drug-likeness (QED) is 0.632. The van der Waals surface area contributed by atoms with E-state index in [1.807, 2.05) is 0 Å². The molecular weight excluding hydrogens is 159 g/mol. The fraction of sp³-hybridized carbons (Fsp3) is 0.250. The molecule has 4 heteroatoms. The molecule has 62 valence electrons. The number of nitrogens with zero attached hydrogens (tertiary/aromatic N) is 1. The Morgan fingerprint density at radius 3 is 3.17 bits per heavy atom. The van der Waals surface area contributed by atoms with Gasteiger partial charge in [-0.05, 0) is 6.07 Å². The number of ether oxygens (including phenoxy) is 1. The summed E-state index contributed by atoms with van der Waals surface area (Å²) in [6.07, 6.45) is 1.85. The van der Waals surface area contributed by atoms with Crippen LogP contribution in [0.1, 0.15) is 12.1 Å². The van der Waals surface area contributed by atoms with E-state index in [0.717, 1.165) is 0 Å². The number of aromatic nitrogens is 1. The first-order valence-corrected chi connectivity index (χ1v) is 3.64. The minimum Gasteiger partial charge on any atom is -0.488 e. The number of rotatable bonds is 0. The maximum Gasteiger partial charge on any atom is 0.182 e. The molecule has 1 aliphatic heterocycles. The maximum atomic E-state index is 13.0. The number of fused-ring (bicyclic) bond motifs is 1. The molecule has 12 heavy (non-hydrogen) atoms. The molecule has 1 aromatic heterocycles. The van der Waals surface area contributed by atoms with Crippen molar-refractivity contribution in [3.63, 3.8) is 0 Å². The fourth-order valence-corrected chi connectivity index (χ4v) is 1.15. The third kappa shape index (κ3) is 0.958. The molecule has 0 spiro atoms. The fourth-order valence-electron chi connectivity index (χ4n) is 1.15. The van der Waals surface area contributed by atoms with Crippen LogP contribution in [0.3, 0.4) is 0 Å². The standard InChI is InChI=1S/C8H7FN2O/c9-5-1-3-11-7-6(10)2-4-12-8(5)7/h1,3,10H,2,4H2. The molecule has 0 unspecified atom stereocenters. The predicted octanol–water partition coefficient (Wildman–Crippen LogP) is 1.37. The van der Waals surface area contributed by atoms with Crippen molar-refractivity contribution < 1.29 is 9.13 Å². The van der Waals surface area contributed by atoms with Crippen LogP contribution in [0, 0.1) is 11.2 Å². The molecule has 1 aromatic rings. The molecule has 0 saturated carbocycles. The number of hydrogen-bond acceptors (Lipinski definition) is 3. The van der Waals surface area contributed by atoms with E-state index in [-0.39, 0.29) is 5.75 Å². The van der Waals surface area contributed by atoms with E-state index in [4.69, 9.17) is 10.1 Å². The zero-order chi connectivity index (χ0) is 8.55. The minimum atomic E-state index is -0.440. The predicted molar refractivity (Wildman–Crippen MR) is 41.1 cm³/mol. The Kier molecular flexibility index (Phi) is 1.53. The molecule has 0 atom stereocenters. The smallest absolute Gasteiger partial charge is 0.182 e. The molecule has 0 amide bonds. The summed E-state index contributed by atoms with van der Waals surface area (Å²) in [5, 5.41) is 7.46. The van der Waals surface area contributed by atoms with E-state index >= 15 is 0 Å². The number of hydrogen-bond donors (Lipinski definition) is 1. The largest absolute Gasteiger partial charge is 0.488 e. The van der Waals surface area contributed by atoms with Crippen LogP contribution >= 0.6 is 0 Å². The molecule has 3 nitrogen and oxygen atoms in total. The van der Waals surface area contributed by atoms with Crippen molar-refractivity contribution in [3.05, 3.63) is 23.8 Å². The monoisotopic (exact) mass is 166 g/mol. The van der Waals surface area contributed by atoms with Crippen LogP contribution in [-0.4, -0.2) is 17.3 Å². The molecule has 0 aromatic carbocycles. The number of nitrogens with one attached hydrogen (secondary N) is 1. The van der Waals surface area contributed by atoms with Gasteiger partial charge in [0.15, 0.2) is 11.6 Å². The van der Waals surface area contributed by atoms with E-state index in [1.54, 1.807) is 0 Å². The van der Waals surface area contributed by atoms with Crippen molar-refractivity contribution in [2.24, 2.45) is 0 Å². The third-order valence-electron chi connectivity index (χ3n) is 1.74. The van der Waals surface area contributed by atoms with E-state index in [9.17, 15) is 4.39 Å². The van der Waals surface area contributed by atoms with Gasteiger partial charge in [-0.25, -0.2) is 4.39 Å². The van der Waals surface area contributed by atoms with Crippen molar-refractivity contribution in [1.82, 2.24) is 4.98 Å². The minimum absolute atomic E-state index is 0.119. The van der Waals surface area contributed by atoms with Crippen molar-refractivity contribution in [1.29, 1.82) is 5.41 Å². The Balaban J connectivity index is 2.59. The first-order valence-electron chi connectivity index (χ1n) is 3.64. The summed E-state index contributed by atoms with van der Waals surface area (Å²) < 4.78 is 18.0. The van der Waals surface area contributed by atoms with Crippen LogP contribution < -0.4 is 4.74 Å². The van der Waals surface area contributed by atoms with Gasteiger partial charge in [0.1, 0.15) is 5.69 Å². The normalized spacial score (nSPS) is 15.2. The van der Waals surface area contributed by atoms with Gasteiger partial charge in [0.25, 0.3) is 0 Å². The van der Waals surface area contributed by atoms with Crippen LogP contribution in [0.2, 0.25) is 0 Å². The molecule has 0 fully saturated rings. The van der Waals surface area contributed by atoms with Crippen molar-refractivity contribution in [2.75, 3.05) is 6.61 Å². The zero-order valence-corrected chi connectivity index (χ0v) is 6.30. The van der Waals surface area contributed by atoms with Crippen molar-refractivity contribution in [3.8, 4) is 5.75 Å². The lowest BCUT2D eigenvalue weighted by atomic mass is 10.1. The highest BCUT2D eigenvalue weighted by Crippen LogP contribution is 2.24. The van der Waals surface area contributed by atoms with Gasteiger partial charge in [0, 0.05) is 12.6 Å². The summed E-state index contributed by atoms with van der Waals surface area (Å²) in [6, 6.07) is 1.23. The molecule has 1 aliphatic rings. The topological polar surface area (TPSA) is 46.0 Å². The average molecular weight is 166 g/mol. The number of pyridine rings is 1. The summed E-state index contributed by atoms with van der Waals surface area (Å²) in [5.41, 5.74) is 0.678. The molecule has 0 radical (unpaired) electrons. The molecule has 0 bridgehead atoms. The third-order valence-corrected chi connectivity index (χ3v) is 1.74. The van der Waals surface area contributed by atoms with Crippen LogP contribution in [-0.2, 0) is 0 Å². The first kappa shape index (κ1) is 7.21. The average Bonchev–Trinajstić information content (AvgIpc) is 2.07. The van der Waals surface area contributed by atoms with Gasteiger partial charge in [-0.2, -0.15) is 0 Å². The maximum absolute atomic E-state index is 13.0. The van der Waals surface area contributed by atoms with E-state index < -0.39 is 5.82 Å². The summed E-state index contributed by atoms with van der Waals surface area (Å²) in [7, 11) is 0. The Bertz CT molecular complexity index is 338. The second-order valence-corrected chi connectivity index (χ2v) is 2.55. The van der Waals surface area contributed by atoms with Crippen LogP contribution in [0.5, 0.6) is 5.75 Å². The highest BCUT2D eigenvalue weighted by molar-refractivity contribution is 5.99. The Morgan fingerprint density at radius 2 is 2.42 bits per heavy atom. The number of halogens is 1. The Morgan fingerprint density at radius 1 is 1.58 bits per heavy atom. The summed E-state index contributed by atoms with van der Waals surface area (Å²) >= 11 is 0. The zero-order valence-electron chi connectivity index (χ0n) is 6.30. The highest BCUT2D eigenvalue weighted by Gasteiger charge is 2.19. The van der Waals surface area contributed by atoms with Crippen LogP contribution in [0.25, 0.3) is 0 Å². The summed E-state index contributed by atoms with van der Waals surface area (Å²) in [5.74, 6) is -0.321. The van der Waals surface area contributed by atoms with E-state index in [2.05, 4.69) is 4.98 Å². The van der Waals surface area contributed by atoms with Gasteiger partial charge in [-0.3, -0.25) is 4.98 Å². The molecular formula is C8H7FN2O. The molecule has 0 saturated heterocycles. The van der Waals surface area contributed by atoms with Crippen molar-refractivity contribution in [2.45, 2.75) is 6.42 Å². The molecule has 2 rings (SSSR count). The van der Waals surface area contributed by atoms with E-state index in [1.165, 1.54) is 12.3 Å². The Labute approximate surface area is 68.7 Å². The van der Waals surface area contributed by atoms with Gasteiger partial charge in [-0.1, -0.05) is 0 Å². The van der Waals surface area contributed by atoms with Gasteiger partial charge in [-0.15, -0.1) is 0 Å². The van der Waals surface area contributed by atoms with Gasteiger partial charge in [0.05, 0.1) is 12.3 Å². The van der Waals surface area contributed by atoms with Crippen LogP contribution in [0.4, 0.5) is 4.39 Å². The second-order valence-electron chi connectivity index (χ2n) is 2.55. The van der Waals surface area contributed by atoms with Gasteiger partial charge in [0.2, 0.25) is 0 Å². The molecule has 1 N–H and O–H groups in total. The molecule has 2 heterocycles. The Hall–Kier alpha value is -1.45. The summed E-state index contributed by atoms with van der Waals surface area (Å²) in [4.78, 5) is 3.87. The van der Waals surface area contributed by atoms with E-state index in [0.29, 0.717) is 24.4 Å². The van der Waals surface area contributed by atoms with Crippen LogP contribution in [0.15, 0.2) is 12.3 Å². The highest BCUT2D eigenvalue weighted by atomic mass is 19.1. The molecule has 0 aliphatic carbocycles. The lowest BCUT2D eigenvalue weighted by molar-refractivity contribution is 0.300. The van der Waals surface area contributed by atoms with Crippen molar-refractivity contribution >= 4 is 5.71 Å². The second kappa shape index (κ2) is 2.55. The lowest BCUT2D eigenvalue weighted by Crippen LogP contribution is -2.17. The lowest BCUT2D eigenvalue weighted by Gasteiger charge is -2.16. The SMILES string of the molecule is N=C1CCOc2c(F)ccnc21. The summed E-state index contributed by atoms with van der Waals surface area (Å²) in [6.45, 7) is 0.369. The van der Waals surface area contributed by atoms with Gasteiger partial charge >= 0.3 is 0 Å².